The van der Waals surface area contributed by atoms with Crippen LogP contribution in [0.4, 0.5) is 0 Å². The number of nitrogens with one attached hydrogen (secondary N) is 1. The molecular formula is C19H29N. The maximum Gasteiger partial charge on any atom is 0.0130 e. The third-order valence-electron chi connectivity index (χ3n) is 5.60. The van der Waals surface area contributed by atoms with Gasteiger partial charge in [0.25, 0.3) is 0 Å². The normalized spacial score (nSPS) is 30.2. The lowest BCUT2D eigenvalue weighted by Crippen LogP contribution is -2.37. The van der Waals surface area contributed by atoms with E-state index in [-0.39, 0.29) is 0 Å². The molecule has 1 heteroatoms. The van der Waals surface area contributed by atoms with Gasteiger partial charge in [0.15, 0.2) is 0 Å². The molecule has 0 aromatic heterocycles. The second-order valence-corrected chi connectivity index (χ2v) is 6.85. The molecule has 1 fully saturated rings. The van der Waals surface area contributed by atoms with Crippen LogP contribution < -0.4 is 5.32 Å². The average Bonchev–Trinajstić information content (AvgIpc) is 3.19. The summed E-state index contributed by atoms with van der Waals surface area (Å²) in [6.45, 7) is 8.13. The predicted octanol–water partition coefficient (Wildman–Crippen LogP) is 4.38. The van der Waals surface area contributed by atoms with Gasteiger partial charge in [-0.1, -0.05) is 51.5 Å². The Morgan fingerprint density at radius 1 is 1.25 bits per heavy atom. The van der Waals surface area contributed by atoms with Gasteiger partial charge in [-0.3, -0.25) is 0 Å². The van der Waals surface area contributed by atoms with Crippen LogP contribution >= 0.6 is 0 Å². The summed E-state index contributed by atoms with van der Waals surface area (Å²) in [5, 5.41) is 3.82. The molecule has 0 saturated heterocycles. The highest BCUT2D eigenvalue weighted by molar-refractivity contribution is 5.40. The largest absolute Gasteiger partial charge is 0.314 e. The van der Waals surface area contributed by atoms with Crippen LogP contribution in [0.3, 0.4) is 0 Å². The number of benzene rings is 1. The molecule has 5 unspecified atom stereocenters. The van der Waals surface area contributed by atoms with Crippen LogP contribution in [0.25, 0.3) is 0 Å². The van der Waals surface area contributed by atoms with Crippen molar-refractivity contribution in [2.24, 2.45) is 17.8 Å². The van der Waals surface area contributed by atoms with Gasteiger partial charge < -0.3 is 5.32 Å². The molecule has 110 valence electrons. The van der Waals surface area contributed by atoms with Crippen LogP contribution in [0, 0.1) is 17.8 Å². The summed E-state index contributed by atoms with van der Waals surface area (Å²) >= 11 is 0. The van der Waals surface area contributed by atoms with Gasteiger partial charge in [0.1, 0.15) is 0 Å². The molecule has 1 nitrogen and oxygen atoms in total. The van der Waals surface area contributed by atoms with Crippen molar-refractivity contribution >= 4 is 0 Å². The Labute approximate surface area is 124 Å². The first-order valence-corrected chi connectivity index (χ1v) is 8.59. The minimum atomic E-state index is 0.723. The summed E-state index contributed by atoms with van der Waals surface area (Å²) in [5.41, 5.74) is 3.29. The fraction of sp³-hybridized carbons (Fsp3) is 0.684. The molecule has 0 amide bonds. The van der Waals surface area contributed by atoms with Crippen LogP contribution in [0.5, 0.6) is 0 Å². The number of hydrogen-bond donors (Lipinski definition) is 1. The van der Waals surface area contributed by atoms with Gasteiger partial charge in [-0.05, 0) is 60.6 Å². The summed E-state index contributed by atoms with van der Waals surface area (Å²) in [5.74, 6) is 3.50. The molecule has 2 aliphatic rings. The Hall–Kier alpha value is -0.820. The standard InChI is InChI=1S/C19H29N/c1-4-8-13(3)19(20-5-2)18-16-12-11-14-9-6-7-10-15(14)17(16)18/h6-7,9-10,13,16-20H,4-5,8,11-12H2,1-3H3. The minimum Gasteiger partial charge on any atom is -0.314 e. The lowest BCUT2D eigenvalue weighted by Gasteiger charge is -2.25. The predicted molar refractivity (Wildman–Crippen MR) is 86.0 cm³/mol. The van der Waals surface area contributed by atoms with Crippen molar-refractivity contribution in [3.8, 4) is 0 Å². The van der Waals surface area contributed by atoms with Crippen LogP contribution in [-0.4, -0.2) is 12.6 Å². The molecule has 0 radical (unpaired) electrons. The van der Waals surface area contributed by atoms with Gasteiger partial charge in [0.05, 0.1) is 0 Å². The molecule has 0 heterocycles. The Morgan fingerprint density at radius 2 is 2.05 bits per heavy atom. The molecule has 3 rings (SSSR count). The van der Waals surface area contributed by atoms with E-state index in [1.54, 1.807) is 11.1 Å². The van der Waals surface area contributed by atoms with Crippen molar-refractivity contribution in [3.05, 3.63) is 35.4 Å². The third-order valence-corrected chi connectivity index (χ3v) is 5.60. The van der Waals surface area contributed by atoms with E-state index in [1.165, 1.54) is 25.7 Å². The topological polar surface area (TPSA) is 12.0 Å². The van der Waals surface area contributed by atoms with Crippen LogP contribution in [0.1, 0.15) is 57.1 Å². The SMILES string of the molecule is CCCC(C)C(NCC)C1C2CCc3ccccc3C21. The van der Waals surface area contributed by atoms with Crippen molar-refractivity contribution < 1.29 is 0 Å². The molecule has 1 N–H and O–H groups in total. The molecule has 1 aromatic carbocycles. The monoisotopic (exact) mass is 271 g/mol. The zero-order chi connectivity index (χ0) is 14.1. The molecule has 1 saturated carbocycles. The van der Waals surface area contributed by atoms with Gasteiger partial charge in [0.2, 0.25) is 0 Å². The van der Waals surface area contributed by atoms with Crippen LogP contribution in [0.15, 0.2) is 24.3 Å². The second kappa shape index (κ2) is 5.89. The Bertz CT molecular complexity index is 453. The van der Waals surface area contributed by atoms with Crippen molar-refractivity contribution in [2.75, 3.05) is 6.54 Å². The highest BCUT2D eigenvalue weighted by Gasteiger charge is 2.56. The van der Waals surface area contributed by atoms with Gasteiger partial charge in [-0.15, -0.1) is 0 Å². The maximum absolute atomic E-state index is 3.82. The second-order valence-electron chi connectivity index (χ2n) is 6.85. The van der Waals surface area contributed by atoms with Crippen LogP contribution in [0.2, 0.25) is 0 Å². The van der Waals surface area contributed by atoms with Gasteiger partial charge in [0, 0.05) is 6.04 Å². The Kier molecular flexibility index (Phi) is 4.16. The summed E-state index contributed by atoms with van der Waals surface area (Å²) in [6, 6.07) is 9.89. The van der Waals surface area contributed by atoms with E-state index < -0.39 is 0 Å². The van der Waals surface area contributed by atoms with Gasteiger partial charge >= 0.3 is 0 Å². The van der Waals surface area contributed by atoms with Gasteiger partial charge in [-0.25, -0.2) is 0 Å². The van der Waals surface area contributed by atoms with E-state index in [1.807, 2.05) is 0 Å². The summed E-state index contributed by atoms with van der Waals surface area (Å²) in [7, 11) is 0. The molecule has 0 aliphatic heterocycles. The van der Waals surface area contributed by atoms with Crippen molar-refractivity contribution in [3.63, 3.8) is 0 Å². The van der Waals surface area contributed by atoms with Crippen molar-refractivity contribution in [1.82, 2.24) is 5.32 Å². The minimum absolute atomic E-state index is 0.723. The van der Waals surface area contributed by atoms with Crippen molar-refractivity contribution in [1.29, 1.82) is 0 Å². The third kappa shape index (κ3) is 2.41. The first kappa shape index (κ1) is 14.1. The Morgan fingerprint density at radius 3 is 2.80 bits per heavy atom. The number of aryl methyl sites for hydroxylation is 1. The van der Waals surface area contributed by atoms with Gasteiger partial charge in [-0.2, -0.15) is 0 Å². The zero-order valence-electron chi connectivity index (χ0n) is 13.2. The van der Waals surface area contributed by atoms with E-state index in [9.17, 15) is 0 Å². The van der Waals surface area contributed by atoms with E-state index in [4.69, 9.17) is 0 Å². The molecule has 1 aromatic rings. The highest BCUT2D eigenvalue weighted by Crippen LogP contribution is 2.62. The summed E-state index contributed by atoms with van der Waals surface area (Å²) < 4.78 is 0. The van der Waals surface area contributed by atoms with E-state index in [2.05, 4.69) is 50.4 Å². The van der Waals surface area contributed by atoms with Crippen LogP contribution in [-0.2, 0) is 6.42 Å². The molecular weight excluding hydrogens is 242 g/mol. The van der Waals surface area contributed by atoms with E-state index >= 15 is 0 Å². The molecule has 0 spiro atoms. The average molecular weight is 271 g/mol. The number of rotatable bonds is 6. The quantitative estimate of drug-likeness (QED) is 0.810. The first-order valence-electron chi connectivity index (χ1n) is 8.59. The first-order chi connectivity index (χ1) is 9.77. The lowest BCUT2D eigenvalue weighted by molar-refractivity contribution is 0.313. The summed E-state index contributed by atoms with van der Waals surface area (Å²) in [4.78, 5) is 0. The number of fused-ring (bicyclic) bond motifs is 3. The molecule has 20 heavy (non-hydrogen) atoms. The lowest BCUT2D eigenvalue weighted by atomic mass is 9.90. The maximum atomic E-state index is 3.82. The fourth-order valence-electron chi connectivity index (χ4n) is 4.70. The molecule has 5 atom stereocenters. The fourth-order valence-corrected chi connectivity index (χ4v) is 4.70. The smallest absolute Gasteiger partial charge is 0.0130 e. The highest BCUT2D eigenvalue weighted by atomic mass is 14.9. The van der Waals surface area contributed by atoms with Crippen molar-refractivity contribution in [2.45, 2.75) is 58.4 Å². The number of hydrogen-bond acceptors (Lipinski definition) is 1. The Balaban J connectivity index is 1.78. The molecule has 0 bridgehead atoms. The molecule has 2 aliphatic carbocycles. The zero-order valence-corrected chi connectivity index (χ0v) is 13.2. The summed E-state index contributed by atoms with van der Waals surface area (Å²) in [6.07, 6.45) is 5.37. The van der Waals surface area contributed by atoms with E-state index in [0.717, 1.165) is 36.3 Å². The van der Waals surface area contributed by atoms with E-state index in [0.29, 0.717) is 0 Å².